The lowest BCUT2D eigenvalue weighted by Gasteiger charge is -2.18. The summed E-state index contributed by atoms with van der Waals surface area (Å²) in [4.78, 5) is 6.36. The van der Waals surface area contributed by atoms with E-state index in [4.69, 9.17) is 50.3 Å². The Bertz CT molecular complexity index is 1320. The predicted octanol–water partition coefficient (Wildman–Crippen LogP) is 1.47. The number of benzene rings is 1. The van der Waals surface area contributed by atoms with Gasteiger partial charge in [0.1, 0.15) is 24.7 Å². The van der Waals surface area contributed by atoms with Crippen LogP contribution in [-0.2, 0) is 19.6 Å². The van der Waals surface area contributed by atoms with Crippen molar-refractivity contribution in [3.8, 4) is 23.6 Å². The molecule has 0 amide bonds. The van der Waals surface area contributed by atoms with Crippen LogP contribution in [0.1, 0.15) is 12.8 Å². The molecule has 0 aliphatic carbocycles. The topological polar surface area (TPSA) is 208 Å². The van der Waals surface area contributed by atoms with Gasteiger partial charge in [0.05, 0.1) is 55.1 Å². The third-order valence-corrected chi connectivity index (χ3v) is 6.04. The molecule has 0 radical (unpaired) electrons. The second-order valence-corrected chi connectivity index (χ2v) is 10.5. The van der Waals surface area contributed by atoms with Crippen molar-refractivity contribution in [2.75, 3.05) is 51.1 Å². The van der Waals surface area contributed by atoms with E-state index >= 15 is 0 Å². The van der Waals surface area contributed by atoms with E-state index < -0.39 is 26.7 Å². The average Bonchev–Trinajstić information content (AvgIpc) is 2.84. The molecular weight excluding hydrogens is 544 g/mol. The number of nitrogens with zero attached hydrogens (tertiary/aromatic N) is 4. The Balaban J connectivity index is 3.07. The van der Waals surface area contributed by atoms with E-state index in [1.807, 2.05) is 0 Å². The van der Waals surface area contributed by atoms with Crippen LogP contribution < -0.4 is 19.9 Å². The fourth-order valence-electron chi connectivity index (χ4n) is 2.78. The third kappa shape index (κ3) is 12.7. The molecule has 14 nitrogen and oxygen atoms in total. The number of hydrogen-bond acceptors (Lipinski definition) is 11. The van der Waals surface area contributed by atoms with Crippen molar-refractivity contribution >= 4 is 32.4 Å². The zero-order valence-electron chi connectivity index (χ0n) is 20.1. The van der Waals surface area contributed by atoms with Gasteiger partial charge in [0.15, 0.2) is 0 Å². The van der Waals surface area contributed by atoms with Crippen molar-refractivity contribution in [1.29, 1.82) is 10.5 Å². The molecule has 0 unspecified atom stereocenters. The van der Waals surface area contributed by atoms with Gasteiger partial charge in [0.25, 0.3) is 21.5 Å². The van der Waals surface area contributed by atoms with Crippen molar-refractivity contribution in [3.63, 3.8) is 0 Å². The van der Waals surface area contributed by atoms with Crippen LogP contribution in [0, 0.1) is 35.8 Å². The lowest BCUT2D eigenvalue weighted by atomic mass is 10.1. The molecule has 38 heavy (non-hydrogen) atoms. The molecule has 1 aromatic rings. The summed E-state index contributed by atoms with van der Waals surface area (Å²) in [5, 5.41) is 18.9. The summed E-state index contributed by atoms with van der Waals surface area (Å²) in [5.74, 6) is -0.672. The summed E-state index contributed by atoms with van der Waals surface area (Å²) in [6, 6.07) is 6.07. The molecule has 16 heteroatoms. The van der Waals surface area contributed by atoms with Crippen LogP contribution in [0.25, 0.3) is 21.1 Å². The minimum Gasteiger partial charge on any atom is -0.492 e. The van der Waals surface area contributed by atoms with Gasteiger partial charge in [-0.25, -0.2) is 20.2 Å². The van der Waals surface area contributed by atoms with Gasteiger partial charge in [0, 0.05) is 29.4 Å². The summed E-state index contributed by atoms with van der Waals surface area (Å²) < 4.78 is 78.8. The van der Waals surface area contributed by atoms with Crippen LogP contribution in [0.15, 0.2) is 12.1 Å². The van der Waals surface area contributed by atoms with E-state index in [1.165, 1.54) is 12.1 Å². The number of nitriles is 2. The first kappa shape index (κ1) is 32.6. The molecule has 0 heterocycles. The largest absolute Gasteiger partial charge is 0.492 e. The third-order valence-electron chi connectivity index (χ3n) is 4.40. The summed E-state index contributed by atoms with van der Waals surface area (Å²) in [7, 11) is -7.69. The van der Waals surface area contributed by atoms with Crippen molar-refractivity contribution in [2.45, 2.75) is 12.8 Å². The van der Waals surface area contributed by atoms with E-state index in [0.29, 0.717) is 0 Å². The Morgan fingerprint density at radius 3 is 1.53 bits per heavy atom. The van der Waals surface area contributed by atoms with Gasteiger partial charge in [-0.05, 0) is 25.0 Å². The van der Waals surface area contributed by atoms with Crippen LogP contribution in [0.4, 0.5) is 0 Å². The Labute approximate surface area is 221 Å². The minimum atomic E-state index is -4.09. The van der Waals surface area contributed by atoms with E-state index in [-0.39, 0.29) is 91.6 Å². The lowest BCUT2D eigenvalue weighted by molar-refractivity contribution is 0.0987. The van der Waals surface area contributed by atoms with Gasteiger partial charge in [0.2, 0.25) is 0 Å². The van der Waals surface area contributed by atoms with Gasteiger partial charge in [-0.2, -0.15) is 8.42 Å². The Hall–Kier alpha value is -3.42. The van der Waals surface area contributed by atoms with Gasteiger partial charge in [-0.15, -0.1) is 0 Å². The molecule has 0 aliphatic heterocycles. The smallest absolute Gasteiger partial charge is 0.272 e. The van der Waals surface area contributed by atoms with E-state index in [0.717, 1.165) is 0 Å². The highest BCUT2D eigenvalue weighted by Crippen LogP contribution is 2.32. The molecule has 206 valence electrons. The highest BCUT2D eigenvalue weighted by Gasteiger charge is 2.13. The fourth-order valence-corrected chi connectivity index (χ4v) is 3.77. The SMILES string of the molecule is [C-]#[N+]/C(C#N)=c1/cc(OCCOCCCS(=O)(=O)O)/c(=C(\C#N)[N+]#[C-])cc1OCCOCCCS(O)(O)O. The van der Waals surface area contributed by atoms with Crippen molar-refractivity contribution in [1.82, 2.24) is 0 Å². The van der Waals surface area contributed by atoms with Crippen molar-refractivity contribution in [3.05, 3.63) is 45.4 Å². The molecule has 0 aromatic heterocycles. The van der Waals surface area contributed by atoms with Crippen LogP contribution >= 0.6 is 10.9 Å². The summed E-state index contributed by atoms with van der Waals surface area (Å²) >= 11 is 0. The summed E-state index contributed by atoms with van der Waals surface area (Å²) in [6.45, 7) is 14.6. The standard InChI is InChI=1S/C22H26N4O10S2/c1-25-19(15-23)17-13-22(36-10-8-34-6-4-12-38(30,31)32)18(20(16-24)26-2)14-21(17)35-9-7-33-5-3-11-37(27,28)29/h13-14,27-29H,3-12H2,(H,30,31,32)/b19-17-,20-18+. The van der Waals surface area contributed by atoms with E-state index in [1.54, 1.807) is 12.1 Å². The first-order valence-electron chi connectivity index (χ1n) is 10.8. The van der Waals surface area contributed by atoms with E-state index in [2.05, 4.69) is 9.69 Å². The monoisotopic (exact) mass is 570 g/mol. The van der Waals surface area contributed by atoms with Crippen LogP contribution in [0.2, 0.25) is 0 Å². The predicted molar refractivity (Wildman–Crippen MR) is 136 cm³/mol. The maximum Gasteiger partial charge on any atom is 0.272 e. The minimum absolute atomic E-state index is 0.00115. The molecule has 0 bridgehead atoms. The first-order chi connectivity index (χ1) is 18.0. The maximum atomic E-state index is 10.7. The van der Waals surface area contributed by atoms with Crippen molar-refractivity contribution in [2.24, 2.45) is 0 Å². The second-order valence-electron chi connectivity index (χ2n) is 7.24. The summed E-state index contributed by atoms with van der Waals surface area (Å²) in [6.07, 6.45) is 0.242. The normalized spacial score (nSPS) is 13.3. The number of hydrogen-bond donors (Lipinski definition) is 4. The highest BCUT2D eigenvalue weighted by molar-refractivity contribution is 8.19. The van der Waals surface area contributed by atoms with Gasteiger partial charge in [-0.3, -0.25) is 4.55 Å². The number of rotatable bonds is 16. The van der Waals surface area contributed by atoms with Gasteiger partial charge in [-0.1, -0.05) is 0 Å². The highest BCUT2D eigenvalue weighted by atomic mass is 32.3. The Morgan fingerprint density at radius 2 is 1.18 bits per heavy atom. The molecule has 0 spiro atoms. The molecule has 1 rings (SSSR count). The van der Waals surface area contributed by atoms with Crippen molar-refractivity contribution < 1.29 is 45.6 Å². The van der Waals surface area contributed by atoms with Crippen LogP contribution in [0.5, 0.6) is 11.5 Å². The fraction of sp³-hybridized carbons (Fsp3) is 0.455. The average molecular weight is 571 g/mol. The summed E-state index contributed by atoms with van der Waals surface area (Å²) in [5.41, 5.74) is -0.681. The molecule has 1 aromatic carbocycles. The molecule has 4 N–H and O–H groups in total. The van der Waals surface area contributed by atoms with Crippen LogP contribution in [0.3, 0.4) is 0 Å². The first-order valence-corrected chi connectivity index (χ1v) is 14.1. The molecule has 0 fully saturated rings. The molecule has 0 atom stereocenters. The maximum absolute atomic E-state index is 10.7. The lowest BCUT2D eigenvalue weighted by Crippen LogP contribution is -2.22. The van der Waals surface area contributed by atoms with Crippen LogP contribution in [-0.4, -0.2) is 77.8 Å². The van der Waals surface area contributed by atoms with Gasteiger partial charge >= 0.3 is 0 Å². The molecule has 0 saturated heterocycles. The van der Waals surface area contributed by atoms with Gasteiger partial charge < -0.3 is 32.6 Å². The quantitative estimate of drug-likeness (QED) is 0.127. The Morgan fingerprint density at radius 1 is 0.763 bits per heavy atom. The zero-order valence-corrected chi connectivity index (χ0v) is 21.7. The molecular formula is C22H26N4O10S2. The van der Waals surface area contributed by atoms with E-state index in [9.17, 15) is 18.9 Å². The Kier molecular flexibility index (Phi) is 14.1. The number of ether oxygens (including phenoxy) is 4. The second kappa shape index (κ2) is 16.4. The zero-order chi connectivity index (χ0) is 28.6. The molecule has 0 saturated carbocycles. The molecule has 0 aliphatic rings.